The number of halogens is 1. The zero-order chi connectivity index (χ0) is 13.0. The van der Waals surface area contributed by atoms with E-state index in [1.165, 1.54) is 0 Å². The Bertz CT molecular complexity index is 390. The Morgan fingerprint density at radius 2 is 2.00 bits per heavy atom. The van der Waals surface area contributed by atoms with Gasteiger partial charge >= 0.3 is 0 Å². The maximum Gasteiger partial charge on any atom is 0.127 e. The lowest BCUT2D eigenvalue weighted by atomic mass is 9.95. The zero-order valence-corrected chi connectivity index (χ0v) is 11.9. The Kier molecular flexibility index (Phi) is 5.29. The third-order valence-corrected chi connectivity index (χ3v) is 3.36. The molecule has 0 radical (unpaired) electrons. The van der Waals surface area contributed by atoms with E-state index in [2.05, 4.69) is 6.92 Å². The van der Waals surface area contributed by atoms with E-state index in [1.54, 1.807) is 0 Å². The summed E-state index contributed by atoms with van der Waals surface area (Å²) in [5, 5.41) is 0.771. The number of hydrogen-bond donors (Lipinski definition) is 1. The second-order valence-corrected chi connectivity index (χ2v) is 4.78. The van der Waals surface area contributed by atoms with E-state index in [0.717, 1.165) is 40.3 Å². The molecule has 0 saturated heterocycles. The van der Waals surface area contributed by atoms with Gasteiger partial charge in [-0.15, -0.1) is 0 Å². The van der Waals surface area contributed by atoms with Crippen LogP contribution in [0.1, 0.15) is 49.4 Å². The van der Waals surface area contributed by atoms with Crippen molar-refractivity contribution in [3.8, 4) is 5.75 Å². The van der Waals surface area contributed by atoms with Crippen molar-refractivity contribution in [3.63, 3.8) is 0 Å². The lowest BCUT2D eigenvalue weighted by Crippen LogP contribution is -2.14. The van der Waals surface area contributed by atoms with Gasteiger partial charge in [-0.25, -0.2) is 0 Å². The fraction of sp³-hybridized carbons (Fsp3) is 0.571. The molecule has 0 heterocycles. The van der Waals surface area contributed by atoms with Gasteiger partial charge in [0.2, 0.25) is 0 Å². The monoisotopic (exact) mass is 255 g/mol. The molecule has 96 valence electrons. The van der Waals surface area contributed by atoms with Gasteiger partial charge in [0.15, 0.2) is 0 Å². The van der Waals surface area contributed by atoms with Crippen LogP contribution in [0.2, 0.25) is 5.02 Å². The average molecular weight is 256 g/mol. The van der Waals surface area contributed by atoms with Gasteiger partial charge in [0.1, 0.15) is 5.75 Å². The highest BCUT2D eigenvalue weighted by Crippen LogP contribution is 2.36. The van der Waals surface area contributed by atoms with Crippen molar-refractivity contribution in [2.24, 2.45) is 5.73 Å². The molecule has 0 aromatic heterocycles. The van der Waals surface area contributed by atoms with Crippen molar-refractivity contribution in [1.29, 1.82) is 0 Å². The first-order valence-corrected chi connectivity index (χ1v) is 6.58. The normalized spacial score (nSPS) is 12.6. The molecule has 0 aliphatic heterocycles. The Morgan fingerprint density at radius 3 is 2.53 bits per heavy atom. The number of benzene rings is 1. The fourth-order valence-electron chi connectivity index (χ4n) is 2.11. The summed E-state index contributed by atoms with van der Waals surface area (Å²) in [6, 6.07) is 1.95. The number of rotatable bonds is 5. The van der Waals surface area contributed by atoms with E-state index in [9.17, 15) is 0 Å². The Labute approximate surface area is 109 Å². The third-order valence-electron chi connectivity index (χ3n) is 2.97. The molecule has 2 N–H and O–H groups in total. The van der Waals surface area contributed by atoms with Gasteiger partial charge in [-0.05, 0) is 44.4 Å². The quantitative estimate of drug-likeness (QED) is 0.858. The van der Waals surface area contributed by atoms with Crippen LogP contribution in [0.4, 0.5) is 0 Å². The molecule has 1 aromatic carbocycles. The van der Waals surface area contributed by atoms with Crippen LogP contribution in [-0.4, -0.2) is 6.61 Å². The molecule has 0 saturated carbocycles. The Morgan fingerprint density at radius 1 is 1.35 bits per heavy atom. The molecule has 0 fully saturated rings. The number of nitrogens with two attached hydrogens (primary N) is 1. The van der Waals surface area contributed by atoms with Crippen LogP contribution < -0.4 is 10.5 Å². The molecule has 1 atom stereocenters. The van der Waals surface area contributed by atoms with Gasteiger partial charge in [-0.3, -0.25) is 0 Å². The number of aryl methyl sites for hydroxylation is 1. The lowest BCUT2D eigenvalue weighted by molar-refractivity contribution is 0.330. The maximum absolute atomic E-state index is 6.24. The number of hydrogen-bond acceptors (Lipinski definition) is 2. The minimum absolute atomic E-state index is 0.000972. The largest absolute Gasteiger partial charge is 0.493 e. The first kappa shape index (κ1) is 14.3. The number of ether oxygens (including phenoxy) is 1. The molecule has 0 aliphatic rings. The van der Waals surface area contributed by atoms with Crippen LogP contribution in [0.25, 0.3) is 0 Å². The van der Waals surface area contributed by atoms with E-state index in [1.807, 2.05) is 26.8 Å². The minimum Gasteiger partial charge on any atom is -0.493 e. The molecule has 1 unspecified atom stereocenters. The van der Waals surface area contributed by atoms with E-state index >= 15 is 0 Å². The van der Waals surface area contributed by atoms with E-state index in [-0.39, 0.29) is 6.04 Å². The first-order valence-electron chi connectivity index (χ1n) is 6.20. The van der Waals surface area contributed by atoms with Crippen LogP contribution in [0.15, 0.2) is 6.07 Å². The fourth-order valence-corrected chi connectivity index (χ4v) is 2.38. The summed E-state index contributed by atoms with van der Waals surface area (Å²) in [6.45, 7) is 8.78. The highest BCUT2D eigenvalue weighted by atomic mass is 35.5. The highest BCUT2D eigenvalue weighted by molar-refractivity contribution is 6.31. The topological polar surface area (TPSA) is 35.2 Å². The van der Waals surface area contributed by atoms with Crippen LogP contribution in [0, 0.1) is 13.8 Å². The van der Waals surface area contributed by atoms with E-state index in [4.69, 9.17) is 22.1 Å². The van der Waals surface area contributed by atoms with Gasteiger partial charge < -0.3 is 10.5 Å². The van der Waals surface area contributed by atoms with Gasteiger partial charge in [0.05, 0.1) is 6.61 Å². The molecule has 0 spiro atoms. The van der Waals surface area contributed by atoms with Gasteiger partial charge in [0.25, 0.3) is 0 Å². The molecule has 3 heteroatoms. The maximum atomic E-state index is 6.24. The predicted octanol–water partition coefficient (Wildman–Crippen LogP) is 4.16. The summed E-state index contributed by atoms with van der Waals surface area (Å²) in [4.78, 5) is 0. The summed E-state index contributed by atoms with van der Waals surface area (Å²) < 4.78 is 5.73. The molecule has 17 heavy (non-hydrogen) atoms. The summed E-state index contributed by atoms with van der Waals surface area (Å²) in [7, 11) is 0. The van der Waals surface area contributed by atoms with Crippen molar-refractivity contribution in [1.82, 2.24) is 0 Å². The zero-order valence-electron chi connectivity index (χ0n) is 11.1. The van der Waals surface area contributed by atoms with Gasteiger partial charge in [-0.2, -0.15) is 0 Å². The standard InChI is InChI=1S/C14H22ClNO/c1-5-7-12(16)13-10(4)11(15)8-9(3)14(13)17-6-2/h8,12H,5-7,16H2,1-4H3. The van der Waals surface area contributed by atoms with Crippen molar-refractivity contribution in [3.05, 3.63) is 27.8 Å². The van der Waals surface area contributed by atoms with Gasteiger partial charge in [0, 0.05) is 16.6 Å². The second kappa shape index (κ2) is 6.27. The molecule has 0 aliphatic carbocycles. The molecular formula is C14H22ClNO. The van der Waals surface area contributed by atoms with Crippen molar-refractivity contribution < 1.29 is 4.74 Å². The minimum atomic E-state index is -0.000972. The van der Waals surface area contributed by atoms with E-state index in [0.29, 0.717) is 6.61 Å². The van der Waals surface area contributed by atoms with Gasteiger partial charge in [-0.1, -0.05) is 24.9 Å². The molecule has 1 aromatic rings. The van der Waals surface area contributed by atoms with Crippen molar-refractivity contribution >= 4 is 11.6 Å². The smallest absolute Gasteiger partial charge is 0.127 e. The molecule has 1 rings (SSSR count). The van der Waals surface area contributed by atoms with Crippen LogP contribution in [0.5, 0.6) is 5.75 Å². The lowest BCUT2D eigenvalue weighted by Gasteiger charge is -2.21. The summed E-state index contributed by atoms with van der Waals surface area (Å²) in [6.07, 6.45) is 2.00. The highest BCUT2D eigenvalue weighted by Gasteiger charge is 2.18. The van der Waals surface area contributed by atoms with Crippen LogP contribution in [-0.2, 0) is 0 Å². The molecule has 2 nitrogen and oxygen atoms in total. The average Bonchev–Trinajstić information content (AvgIpc) is 2.26. The van der Waals surface area contributed by atoms with Crippen LogP contribution >= 0.6 is 11.6 Å². The van der Waals surface area contributed by atoms with E-state index < -0.39 is 0 Å². The Hall–Kier alpha value is -0.730. The Balaban J connectivity index is 3.30. The molecular weight excluding hydrogens is 234 g/mol. The third kappa shape index (κ3) is 3.14. The second-order valence-electron chi connectivity index (χ2n) is 4.37. The molecule has 0 amide bonds. The summed E-state index contributed by atoms with van der Waals surface area (Å²) in [5.74, 6) is 0.912. The van der Waals surface area contributed by atoms with Crippen LogP contribution in [0.3, 0.4) is 0 Å². The first-order chi connectivity index (χ1) is 8.02. The summed E-state index contributed by atoms with van der Waals surface area (Å²) in [5.41, 5.74) is 9.41. The van der Waals surface area contributed by atoms with Crippen molar-refractivity contribution in [2.75, 3.05) is 6.61 Å². The predicted molar refractivity (Wildman–Crippen MR) is 73.9 cm³/mol. The SMILES string of the molecule is CCCC(N)c1c(C)c(Cl)cc(C)c1OCC. The van der Waals surface area contributed by atoms with Crippen molar-refractivity contribution in [2.45, 2.75) is 46.6 Å². The molecule has 0 bridgehead atoms. The summed E-state index contributed by atoms with van der Waals surface area (Å²) >= 11 is 6.22.